The van der Waals surface area contributed by atoms with E-state index in [0.29, 0.717) is 5.69 Å². The van der Waals surface area contributed by atoms with Crippen LogP contribution >= 0.6 is 0 Å². The summed E-state index contributed by atoms with van der Waals surface area (Å²) in [5.74, 6) is 0.511. The van der Waals surface area contributed by atoms with Gasteiger partial charge in [-0.3, -0.25) is 4.79 Å². The minimum Gasteiger partial charge on any atom is -0.380 e. The molecule has 0 saturated carbocycles. The van der Waals surface area contributed by atoms with Crippen LogP contribution in [0.25, 0.3) is 0 Å². The van der Waals surface area contributed by atoms with E-state index >= 15 is 0 Å². The van der Waals surface area contributed by atoms with Gasteiger partial charge in [-0.05, 0) is 30.7 Å². The third kappa shape index (κ3) is 3.23. The second-order valence-electron chi connectivity index (χ2n) is 5.19. The van der Waals surface area contributed by atoms with Gasteiger partial charge in [0.1, 0.15) is 0 Å². The number of rotatable bonds is 4. The molecule has 2 heterocycles. The summed E-state index contributed by atoms with van der Waals surface area (Å²) >= 11 is 0. The highest BCUT2D eigenvalue weighted by Gasteiger charge is 2.23. The second kappa shape index (κ2) is 6.53. The maximum absolute atomic E-state index is 12.1. The fraction of sp³-hybridized carbons (Fsp3) is 0.312. The lowest BCUT2D eigenvalue weighted by atomic mass is 10.3. The first-order valence-corrected chi connectivity index (χ1v) is 7.24. The number of hydrogen-bond donors (Lipinski definition) is 1. The molecule has 0 spiro atoms. The standard InChI is InChI=1S/C16H18N4O2/c1-22-13-9-10-20(11-13)15-8-7-14(18-19-15)16(21)17-12-5-3-2-4-6-12/h2-8,13H,9-11H2,1H3,(H,17,21)/t13-/m0/s1. The molecule has 1 atom stereocenters. The van der Waals surface area contributed by atoms with Crippen LogP contribution in [0.1, 0.15) is 16.9 Å². The van der Waals surface area contributed by atoms with Crippen molar-refractivity contribution >= 4 is 17.4 Å². The van der Waals surface area contributed by atoms with Crippen LogP contribution in [0.5, 0.6) is 0 Å². The Kier molecular flexibility index (Phi) is 4.29. The molecule has 1 aromatic carbocycles. The van der Waals surface area contributed by atoms with E-state index in [1.165, 1.54) is 0 Å². The molecule has 3 rings (SSSR count). The molecule has 1 amide bonds. The van der Waals surface area contributed by atoms with Gasteiger partial charge in [0.05, 0.1) is 6.10 Å². The fourth-order valence-corrected chi connectivity index (χ4v) is 2.46. The molecule has 1 aliphatic rings. The van der Waals surface area contributed by atoms with Crippen molar-refractivity contribution in [1.82, 2.24) is 10.2 Å². The zero-order chi connectivity index (χ0) is 15.4. The van der Waals surface area contributed by atoms with E-state index in [9.17, 15) is 4.79 Å². The van der Waals surface area contributed by atoms with Crippen LogP contribution in [-0.2, 0) is 4.74 Å². The summed E-state index contributed by atoms with van der Waals surface area (Å²) in [5, 5.41) is 11.0. The number of nitrogens with zero attached hydrogens (tertiary/aromatic N) is 3. The highest BCUT2D eigenvalue weighted by atomic mass is 16.5. The maximum Gasteiger partial charge on any atom is 0.276 e. The number of benzene rings is 1. The average Bonchev–Trinajstić information content (AvgIpc) is 3.05. The third-order valence-electron chi connectivity index (χ3n) is 3.72. The topological polar surface area (TPSA) is 67.3 Å². The van der Waals surface area contributed by atoms with E-state index in [1.807, 2.05) is 36.4 Å². The predicted molar refractivity (Wildman–Crippen MR) is 84.1 cm³/mol. The number of anilines is 2. The van der Waals surface area contributed by atoms with Crippen molar-refractivity contribution in [3.05, 3.63) is 48.2 Å². The highest BCUT2D eigenvalue weighted by Crippen LogP contribution is 2.19. The molecule has 6 heteroatoms. The quantitative estimate of drug-likeness (QED) is 0.934. The monoisotopic (exact) mass is 298 g/mol. The van der Waals surface area contributed by atoms with E-state index in [1.54, 1.807) is 13.2 Å². The zero-order valence-corrected chi connectivity index (χ0v) is 12.4. The number of hydrogen-bond acceptors (Lipinski definition) is 5. The Morgan fingerprint density at radius 1 is 1.23 bits per heavy atom. The van der Waals surface area contributed by atoms with Crippen LogP contribution in [0.4, 0.5) is 11.5 Å². The molecule has 6 nitrogen and oxygen atoms in total. The molecule has 114 valence electrons. The molecule has 1 aliphatic heterocycles. The van der Waals surface area contributed by atoms with E-state index < -0.39 is 0 Å². The molecular weight excluding hydrogens is 280 g/mol. The Balaban J connectivity index is 1.65. The first-order valence-electron chi connectivity index (χ1n) is 7.24. The maximum atomic E-state index is 12.1. The lowest BCUT2D eigenvalue weighted by Gasteiger charge is -2.16. The molecule has 0 aliphatic carbocycles. The van der Waals surface area contributed by atoms with Crippen LogP contribution < -0.4 is 10.2 Å². The number of ether oxygens (including phenoxy) is 1. The van der Waals surface area contributed by atoms with Gasteiger partial charge < -0.3 is 15.0 Å². The van der Waals surface area contributed by atoms with Gasteiger partial charge in [0, 0.05) is 25.9 Å². The van der Waals surface area contributed by atoms with Crippen molar-refractivity contribution in [2.75, 3.05) is 30.4 Å². The predicted octanol–water partition coefficient (Wildman–Crippen LogP) is 1.95. The Hall–Kier alpha value is -2.47. The number of para-hydroxylation sites is 1. The highest BCUT2D eigenvalue weighted by molar-refractivity contribution is 6.02. The van der Waals surface area contributed by atoms with Gasteiger partial charge in [-0.25, -0.2) is 0 Å². The molecule has 1 fully saturated rings. The molecule has 1 saturated heterocycles. The molecule has 0 radical (unpaired) electrons. The minimum absolute atomic E-state index is 0.239. The molecule has 22 heavy (non-hydrogen) atoms. The Bertz CT molecular complexity index is 630. The van der Waals surface area contributed by atoms with E-state index in [0.717, 1.165) is 31.0 Å². The van der Waals surface area contributed by atoms with Crippen molar-refractivity contribution in [3.8, 4) is 0 Å². The number of carbonyl (C=O) groups is 1. The van der Waals surface area contributed by atoms with Gasteiger partial charge in [-0.1, -0.05) is 18.2 Å². The van der Waals surface area contributed by atoms with E-state index in [2.05, 4.69) is 20.4 Å². The van der Waals surface area contributed by atoms with Crippen LogP contribution in [-0.4, -0.2) is 42.4 Å². The molecule has 0 bridgehead atoms. The smallest absolute Gasteiger partial charge is 0.276 e. The van der Waals surface area contributed by atoms with Gasteiger partial charge >= 0.3 is 0 Å². The fourth-order valence-electron chi connectivity index (χ4n) is 2.46. The van der Waals surface area contributed by atoms with E-state index in [-0.39, 0.29) is 12.0 Å². The summed E-state index contributed by atoms with van der Waals surface area (Å²) in [4.78, 5) is 14.2. The second-order valence-corrected chi connectivity index (χ2v) is 5.19. The van der Waals surface area contributed by atoms with Gasteiger partial charge in [0.25, 0.3) is 5.91 Å². The molecule has 1 aromatic heterocycles. The Morgan fingerprint density at radius 2 is 2.05 bits per heavy atom. The first kappa shape index (κ1) is 14.5. The zero-order valence-electron chi connectivity index (χ0n) is 12.4. The summed E-state index contributed by atoms with van der Waals surface area (Å²) in [5.41, 5.74) is 1.04. The lowest BCUT2D eigenvalue weighted by Crippen LogP contribution is -2.24. The van der Waals surface area contributed by atoms with Gasteiger partial charge in [0.15, 0.2) is 11.5 Å². The van der Waals surface area contributed by atoms with Crippen molar-refractivity contribution in [3.63, 3.8) is 0 Å². The van der Waals surface area contributed by atoms with Crippen molar-refractivity contribution in [2.45, 2.75) is 12.5 Å². The average molecular weight is 298 g/mol. The summed E-state index contributed by atoms with van der Waals surface area (Å²) < 4.78 is 5.34. The number of amides is 1. The van der Waals surface area contributed by atoms with E-state index in [4.69, 9.17) is 4.74 Å². The Morgan fingerprint density at radius 3 is 2.68 bits per heavy atom. The first-order chi connectivity index (χ1) is 10.8. The number of aromatic nitrogens is 2. The normalized spacial score (nSPS) is 17.5. The SMILES string of the molecule is CO[C@H]1CCN(c2ccc(C(=O)Nc3ccccc3)nn2)C1. The van der Waals surface area contributed by atoms with Crippen molar-refractivity contribution < 1.29 is 9.53 Å². The minimum atomic E-state index is -0.263. The van der Waals surface area contributed by atoms with Crippen molar-refractivity contribution in [1.29, 1.82) is 0 Å². The van der Waals surface area contributed by atoms with Crippen LogP contribution in [0.3, 0.4) is 0 Å². The lowest BCUT2D eigenvalue weighted by molar-refractivity contribution is 0.102. The summed E-state index contributed by atoms with van der Waals surface area (Å²) in [7, 11) is 1.72. The Labute approximate surface area is 129 Å². The van der Waals surface area contributed by atoms with Crippen LogP contribution in [0, 0.1) is 0 Å². The number of methoxy groups -OCH3 is 1. The van der Waals surface area contributed by atoms with Gasteiger partial charge in [0.2, 0.25) is 0 Å². The number of carbonyl (C=O) groups excluding carboxylic acids is 1. The summed E-state index contributed by atoms with van der Waals surface area (Å²) in [6.07, 6.45) is 1.22. The van der Waals surface area contributed by atoms with Crippen LogP contribution in [0.15, 0.2) is 42.5 Å². The largest absolute Gasteiger partial charge is 0.380 e. The molecule has 0 unspecified atom stereocenters. The third-order valence-corrected chi connectivity index (χ3v) is 3.72. The van der Waals surface area contributed by atoms with Gasteiger partial charge in [-0.2, -0.15) is 0 Å². The van der Waals surface area contributed by atoms with Crippen LogP contribution in [0.2, 0.25) is 0 Å². The van der Waals surface area contributed by atoms with Crippen molar-refractivity contribution in [2.24, 2.45) is 0 Å². The summed E-state index contributed by atoms with van der Waals surface area (Å²) in [6.45, 7) is 1.70. The summed E-state index contributed by atoms with van der Waals surface area (Å²) in [6, 6.07) is 12.8. The van der Waals surface area contributed by atoms with Gasteiger partial charge in [-0.15, -0.1) is 10.2 Å². The molecule has 2 aromatic rings. The molecular formula is C16H18N4O2. The number of nitrogens with one attached hydrogen (secondary N) is 1. The molecule has 1 N–H and O–H groups in total.